The number of nitrogens with one attached hydrogen (secondary N) is 1. The molecule has 0 amide bonds. The van der Waals surface area contributed by atoms with Gasteiger partial charge in [-0.2, -0.15) is 10.5 Å². The first-order chi connectivity index (χ1) is 8.40. The summed E-state index contributed by atoms with van der Waals surface area (Å²) in [5.74, 6) is 0.124. The lowest BCUT2D eigenvalue weighted by Gasteiger charge is -2.28. The van der Waals surface area contributed by atoms with E-state index in [-0.39, 0.29) is 5.92 Å². The van der Waals surface area contributed by atoms with Gasteiger partial charge in [0.2, 0.25) is 0 Å². The number of anilines is 1. The van der Waals surface area contributed by atoms with Crippen LogP contribution in [0, 0.1) is 28.6 Å². The van der Waals surface area contributed by atoms with Crippen LogP contribution in [0.1, 0.15) is 31.9 Å². The van der Waals surface area contributed by atoms with E-state index in [4.69, 9.17) is 10.5 Å². The van der Waals surface area contributed by atoms with Crippen molar-refractivity contribution in [1.29, 1.82) is 10.5 Å². The van der Waals surface area contributed by atoms with Crippen LogP contribution in [-0.2, 0) is 0 Å². The maximum atomic E-state index is 10.1. The molecular weight excluding hydrogens is 226 g/mol. The summed E-state index contributed by atoms with van der Waals surface area (Å²) in [5, 5.41) is 30.9. The van der Waals surface area contributed by atoms with Crippen molar-refractivity contribution in [2.24, 2.45) is 5.92 Å². The summed E-state index contributed by atoms with van der Waals surface area (Å²) in [5.41, 5.74) is 0.609. The number of rotatable bonds is 4. The van der Waals surface area contributed by atoms with E-state index in [0.717, 1.165) is 5.69 Å². The van der Waals surface area contributed by atoms with E-state index in [1.54, 1.807) is 25.1 Å². The first-order valence-corrected chi connectivity index (χ1v) is 5.81. The van der Waals surface area contributed by atoms with Gasteiger partial charge < -0.3 is 10.4 Å². The Morgan fingerprint density at radius 2 is 1.89 bits per heavy atom. The van der Waals surface area contributed by atoms with Crippen molar-refractivity contribution in [3.8, 4) is 12.1 Å². The monoisotopic (exact) mass is 243 g/mol. The Labute approximate surface area is 107 Å². The second-order valence-electron chi connectivity index (χ2n) is 4.85. The third-order valence-electron chi connectivity index (χ3n) is 3.15. The van der Waals surface area contributed by atoms with Gasteiger partial charge in [-0.15, -0.1) is 0 Å². The fourth-order valence-electron chi connectivity index (χ4n) is 1.33. The van der Waals surface area contributed by atoms with Crippen molar-refractivity contribution in [1.82, 2.24) is 0 Å². The van der Waals surface area contributed by atoms with Gasteiger partial charge in [0.1, 0.15) is 12.1 Å². The summed E-state index contributed by atoms with van der Waals surface area (Å²) in [7, 11) is 0. The van der Waals surface area contributed by atoms with Gasteiger partial charge in [-0.1, -0.05) is 13.8 Å². The van der Waals surface area contributed by atoms with Crippen LogP contribution >= 0.6 is 0 Å². The summed E-state index contributed by atoms with van der Waals surface area (Å²) in [6.07, 6.45) is 0. The number of nitriles is 2. The Morgan fingerprint density at radius 3 is 2.39 bits per heavy atom. The van der Waals surface area contributed by atoms with E-state index in [2.05, 4.69) is 5.32 Å². The third-order valence-corrected chi connectivity index (χ3v) is 3.15. The van der Waals surface area contributed by atoms with E-state index >= 15 is 0 Å². The molecule has 0 aliphatic carbocycles. The minimum atomic E-state index is -0.819. The Hall–Kier alpha value is -2.04. The molecule has 0 bridgehead atoms. The van der Waals surface area contributed by atoms with Crippen LogP contribution in [0.3, 0.4) is 0 Å². The van der Waals surface area contributed by atoms with E-state index in [9.17, 15) is 5.11 Å². The fraction of sp³-hybridized carbons (Fsp3) is 0.429. The molecule has 0 radical (unpaired) electrons. The average Bonchev–Trinajstić information content (AvgIpc) is 2.35. The van der Waals surface area contributed by atoms with Crippen molar-refractivity contribution >= 4 is 5.69 Å². The standard InChI is InChI=1S/C14H17N3O/c1-10(2)14(3,18)9-17-13-5-4-11(7-15)12(6-13)8-16/h4-6,10,17-18H,9H2,1-3H3. The van der Waals surface area contributed by atoms with Crippen LogP contribution in [0.2, 0.25) is 0 Å². The summed E-state index contributed by atoms with van der Waals surface area (Å²) < 4.78 is 0. The zero-order chi connectivity index (χ0) is 13.8. The van der Waals surface area contributed by atoms with Gasteiger partial charge in [0.25, 0.3) is 0 Å². The molecule has 1 aromatic carbocycles. The maximum absolute atomic E-state index is 10.1. The molecule has 1 rings (SSSR count). The highest BCUT2D eigenvalue weighted by atomic mass is 16.3. The minimum absolute atomic E-state index is 0.124. The van der Waals surface area contributed by atoms with Crippen LogP contribution < -0.4 is 5.32 Å². The lowest BCUT2D eigenvalue weighted by atomic mass is 9.92. The predicted octanol–water partition coefficient (Wildman–Crippen LogP) is 2.25. The second kappa shape index (κ2) is 5.53. The molecule has 0 spiro atoms. The summed E-state index contributed by atoms with van der Waals surface area (Å²) in [4.78, 5) is 0. The molecule has 0 heterocycles. The molecule has 4 nitrogen and oxygen atoms in total. The summed E-state index contributed by atoms with van der Waals surface area (Å²) in [6, 6.07) is 8.90. The van der Waals surface area contributed by atoms with Gasteiger partial charge in [0, 0.05) is 12.2 Å². The van der Waals surface area contributed by atoms with Crippen LogP contribution in [-0.4, -0.2) is 17.3 Å². The molecule has 0 saturated heterocycles. The van der Waals surface area contributed by atoms with Crippen molar-refractivity contribution < 1.29 is 5.11 Å². The van der Waals surface area contributed by atoms with Gasteiger partial charge in [-0.05, 0) is 31.0 Å². The second-order valence-corrected chi connectivity index (χ2v) is 4.85. The zero-order valence-electron chi connectivity index (χ0n) is 10.9. The first kappa shape index (κ1) is 14.0. The molecule has 2 N–H and O–H groups in total. The predicted molar refractivity (Wildman–Crippen MR) is 69.8 cm³/mol. The zero-order valence-corrected chi connectivity index (χ0v) is 10.9. The normalized spacial score (nSPS) is 13.5. The molecule has 0 aliphatic rings. The van der Waals surface area contributed by atoms with Crippen LogP contribution in [0.15, 0.2) is 18.2 Å². The fourth-order valence-corrected chi connectivity index (χ4v) is 1.33. The minimum Gasteiger partial charge on any atom is -0.388 e. The number of hydrogen-bond donors (Lipinski definition) is 2. The molecule has 18 heavy (non-hydrogen) atoms. The van der Waals surface area contributed by atoms with E-state index in [1.807, 2.05) is 26.0 Å². The maximum Gasteiger partial charge on any atom is 0.101 e. The van der Waals surface area contributed by atoms with Crippen LogP contribution in [0.25, 0.3) is 0 Å². The molecule has 1 unspecified atom stereocenters. The summed E-state index contributed by atoms with van der Waals surface area (Å²) >= 11 is 0. The smallest absolute Gasteiger partial charge is 0.101 e. The van der Waals surface area contributed by atoms with E-state index in [0.29, 0.717) is 17.7 Å². The van der Waals surface area contributed by atoms with Gasteiger partial charge in [-0.25, -0.2) is 0 Å². The molecular formula is C14H17N3O. The third kappa shape index (κ3) is 3.23. The highest BCUT2D eigenvalue weighted by Crippen LogP contribution is 2.19. The van der Waals surface area contributed by atoms with Crippen molar-refractivity contribution in [2.45, 2.75) is 26.4 Å². The highest BCUT2D eigenvalue weighted by Gasteiger charge is 2.24. The molecule has 0 aromatic heterocycles. The Bertz CT molecular complexity index is 507. The van der Waals surface area contributed by atoms with Crippen LogP contribution in [0.5, 0.6) is 0 Å². The molecule has 1 aromatic rings. The topological polar surface area (TPSA) is 79.8 Å². The molecule has 1 atom stereocenters. The molecule has 0 aliphatic heterocycles. The molecule has 4 heteroatoms. The Kier molecular flexibility index (Phi) is 4.31. The first-order valence-electron chi connectivity index (χ1n) is 5.81. The van der Waals surface area contributed by atoms with Crippen LogP contribution in [0.4, 0.5) is 5.69 Å². The SMILES string of the molecule is CC(C)C(C)(O)CNc1ccc(C#N)c(C#N)c1. The summed E-state index contributed by atoms with van der Waals surface area (Å²) in [6.45, 7) is 6.04. The Morgan fingerprint density at radius 1 is 1.28 bits per heavy atom. The quantitative estimate of drug-likeness (QED) is 0.850. The number of hydrogen-bond acceptors (Lipinski definition) is 4. The van der Waals surface area contributed by atoms with Gasteiger partial charge in [-0.3, -0.25) is 0 Å². The van der Waals surface area contributed by atoms with E-state index < -0.39 is 5.60 Å². The van der Waals surface area contributed by atoms with Crippen molar-refractivity contribution in [3.05, 3.63) is 29.3 Å². The average molecular weight is 243 g/mol. The lowest BCUT2D eigenvalue weighted by Crippen LogP contribution is -2.38. The number of aliphatic hydroxyl groups is 1. The molecule has 0 fully saturated rings. The molecule has 94 valence electrons. The lowest BCUT2D eigenvalue weighted by molar-refractivity contribution is 0.0266. The van der Waals surface area contributed by atoms with Gasteiger partial charge in [0.05, 0.1) is 16.7 Å². The highest BCUT2D eigenvalue weighted by molar-refractivity contribution is 5.56. The Balaban J connectivity index is 2.83. The van der Waals surface area contributed by atoms with Crippen molar-refractivity contribution in [3.63, 3.8) is 0 Å². The number of benzene rings is 1. The van der Waals surface area contributed by atoms with Gasteiger partial charge in [0.15, 0.2) is 0 Å². The van der Waals surface area contributed by atoms with Gasteiger partial charge >= 0.3 is 0 Å². The molecule has 0 saturated carbocycles. The van der Waals surface area contributed by atoms with Crippen molar-refractivity contribution in [2.75, 3.05) is 11.9 Å². The number of nitrogens with zero attached hydrogens (tertiary/aromatic N) is 2. The van der Waals surface area contributed by atoms with E-state index in [1.165, 1.54) is 0 Å². The largest absolute Gasteiger partial charge is 0.388 e.